The zero-order chi connectivity index (χ0) is 12.8. The summed E-state index contributed by atoms with van der Waals surface area (Å²) in [4.78, 5) is 13.9. The molecular weight excluding hydrogens is 214 g/mol. The molecule has 0 aromatic rings. The molecule has 1 saturated heterocycles. The van der Waals surface area contributed by atoms with Crippen molar-refractivity contribution < 1.29 is 4.79 Å². The van der Waals surface area contributed by atoms with Crippen LogP contribution in [0.25, 0.3) is 0 Å². The highest BCUT2D eigenvalue weighted by molar-refractivity contribution is 5.76. The van der Waals surface area contributed by atoms with Crippen LogP contribution >= 0.6 is 0 Å². The van der Waals surface area contributed by atoms with E-state index in [2.05, 4.69) is 22.5 Å². The molecule has 1 fully saturated rings. The molecular formula is C13H27N3O. The van der Waals surface area contributed by atoms with Gasteiger partial charge in [0, 0.05) is 31.6 Å². The van der Waals surface area contributed by atoms with Gasteiger partial charge in [0.05, 0.1) is 0 Å². The van der Waals surface area contributed by atoms with Crippen molar-refractivity contribution in [3.8, 4) is 0 Å². The summed E-state index contributed by atoms with van der Waals surface area (Å²) in [7, 11) is 2.03. The lowest BCUT2D eigenvalue weighted by Crippen LogP contribution is -2.48. The van der Waals surface area contributed by atoms with Crippen LogP contribution in [0.2, 0.25) is 0 Å². The molecule has 2 unspecified atom stereocenters. The van der Waals surface area contributed by atoms with Crippen LogP contribution in [-0.4, -0.2) is 49.6 Å². The Hall–Kier alpha value is -0.610. The summed E-state index contributed by atoms with van der Waals surface area (Å²) in [6, 6.07) is 0.882. The summed E-state index contributed by atoms with van der Waals surface area (Å²) in [5.74, 6) is 0.838. The van der Waals surface area contributed by atoms with Crippen molar-refractivity contribution in [1.82, 2.24) is 15.5 Å². The minimum Gasteiger partial charge on any atom is -0.354 e. The number of rotatable bonds is 5. The number of likely N-dealkylation sites (tertiary alicyclic amines) is 1. The SMILES string of the molecule is CNC1CCN(CCC(=O)NC(C)C)CC1C. The normalized spacial score (nSPS) is 26.2. The Kier molecular flexibility index (Phi) is 5.92. The van der Waals surface area contributed by atoms with E-state index in [0.717, 1.165) is 19.6 Å². The van der Waals surface area contributed by atoms with Crippen molar-refractivity contribution in [2.45, 2.75) is 45.7 Å². The zero-order valence-electron chi connectivity index (χ0n) is 11.6. The Morgan fingerprint density at radius 3 is 2.71 bits per heavy atom. The molecule has 1 amide bonds. The maximum atomic E-state index is 11.5. The second-order valence-electron chi connectivity index (χ2n) is 5.43. The maximum Gasteiger partial charge on any atom is 0.221 e. The fraction of sp³-hybridized carbons (Fsp3) is 0.923. The molecule has 0 saturated carbocycles. The van der Waals surface area contributed by atoms with E-state index < -0.39 is 0 Å². The lowest BCUT2D eigenvalue weighted by molar-refractivity contribution is -0.122. The van der Waals surface area contributed by atoms with Gasteiger partial charge in [-0.2, -0.15) is 0 Å². The van der Waals surface area contributed by atoms with Gasteiger partial charge >= 0.3 is 0 Å². The summed E-state index contributed by atoms with van der Waals surface area (Å²) >= 11 is 0. The largest absolute Gasteiger partial charge is 0.354 e. The third kappa shape index (κ3) is 5.04. The van der Waals surface area contributed by atoms with Crippen LogP contribution < -0.4 is 10.6 Å². The van der Waals surface area contributed by atoms with Gasteiger partial charge in [0.2, 0.25) is 5.91 Å². The van der Waals surface area contributed by atoms with Crippen molar-refractivity contribution in [3.05, 3.63) is 0 Å². The van der Waals surface area contributed by atoms with Gasteiger partial charge in [0.1, 0.15) is 0 Å². The van der Waals surface area contributed by atoms with Gasteiger partial charge in [-0.25, -0.2) is 0 Å². The van der Waals surface area contributed by atoms with Crippen LogP contribution in [0.1, 0.15) is 33.6 Å². The standard InChI is InChI=1S/C13H27N3O/c1-10(2)15-13(17)6-8-16-7-5-12(14-4)11(3)9-16/h10-12,14H,5-9H2,1-4H3,(H,15,17). The average Bonchev–Trinajstić information content (AvgIpc) is 2.25. The third-order valence-electron chi connectivity index (χ3n) is 3.46. The number of carbonyl (C=O) groups excluding carboxylic acids is 1. The highest BCUT2D eigenvalue weighted by Gasteiger charge is 2.24. The van der Waals surface area contributed by atoms with Crippen molar-refractivity contribution in [2.24, 2.45) is 5.92 Å². The molecule has 1 rings (SSSR count). The van der Waals surface area contributed by atoms with E-state index in [1.54, 1.807) is 0 Å². The van der Waals surface area contributed by atoms with Crippen LogP contribution in [-0.2, 0) is 4.79 Å². The summed E-state index contributed by atoms with van der Waals surface area (Å²) in [6.45, 7) is 9.36. The summed E-state index contributed by atoms with van der Waals surface area (Å²) in [5, 5.41) is 6.29. The number of nitrogens with one attached hydrogen (secondary N) is 2. The van der Waals surface area contributed by atoms with E-state index in [4.69, 9.17) is 0 Å². The van der Waals surface area contributed by atoms with Crippen molar-refractivity contribution in [1.29, 1.82) is 0 Å². The Bertz CT molecular complexity index is 243. The molecule has 0 aromatic carbocycles. The Morgan fingerprint density at radius 2 is 2.18 bits per heavy atom. The minimum atomic E-state index is 0.170. The Morgan fingerprint density at radius 1 is 1.47 bits per heavy atom. The predicted octanol–water partition coefficient (Wildman–Crippen LogP) is 0.831. The fourth-order valence-electron chi connectivity index (χ4n) is 2.52. The van der Waals surface area contributed by atoms with Crippen molar-refractivity contribution in [3.63, 3.8) is 0 Å². The zero-order valence-corrected chi connectivity index (χ0v) is 11.6. The summed E-state index contributed by atoms with van der Waals surface area (Å²) < 4.78 is 0. The molecule has 0 bridgehead atoms. The number of hydrogen-bond donors (Lipinski definition) is 2. The first-order valence-corrected chi connectivity index (χ1v) is 6.72. The molecule has 1 heterocycles. The smallest absolute Gasteiger partial charge is 0.221 e. The molecule has 17 heavy (non-hydrogen) atoms. The van der Waals surface area contributed by atoms with Crippen LogP contribution in [0.5, 0.6) is 0 Å². The Balaban J connectivity index is 2.23. The lowest BCUT2D eigenvalue weighted by atomic mass is 9.94. The van der Waals surface area contributed by atoms with E-state index in [1.165, 1.54) is 6.42 Å². The molecule has 1 aliphatic rings. The maximum absolute atomic E-state index is 11.5. The molecule has 0 radical (unpaired) electrons. The second kappa shape index (κ2) is 6.97. The highest BCUT2D eigenvalue weighted by Crippen LogP contribution is 2.16. The van der Waals surface area contributed by atoms with Crippen LogP contribution in [0.3, 0.4) is 0 Å². The van der Waals surface area contributed by atoms with E-state index in [-0.39, 0.29) is 11.9 Å². The lowest BCUT2D eigenvalue weighted by Gasteiger charge is -2.36. The highest BCUT2D eigenvalue weighted by atomic mass is 16.1. The topological polar surface area (TPSA) is 44.4 Å². The van der Waals surface area contributed by atoms with Gasteiger partial charge in [0.15, 0.2) is 0 Å². The van der Waals surface area contributed by atoms with E-state index in [0.29, 0.717) is 18.4 Å². The third-order valence-corrected chi connectivity index (χ3v) is 3.46. The van der Waals surface area contributed by atoms with Gasteiger partial charge in [-0.05, 0) is 39.8 Å². The van der Waals surface area contributed by atoms with Crippen molar-refractivity contribution in [2.75, 3.05) is 26.7 Å². The van der Waals surface area contributed by atoms with Gasteiger partial charge < -0.3 is 15.5 Å². The molecule has 0 aromatic heterocycles. The monoisotopic (exact) mass is 241 g/mol. The molecule has 0 spiro atoms. The first-order valence-electron chi connectivity index (χ1n) is 6.72. The van der Waals surface area contributed by atoms with E-state index >= 15 is 0 Å². The van der Waals surface area contributed by atoms with Crippen LogP contribution in [0, 0.1) is 5.92 Å². The number of nitrogens with zero attached hydrogens (tertiary/aromatic N) is 1. The number of hydrogen-bond acceptors (Lipinski definition) is 3. The number of carbonyl (C=O) groups is 1. The van der Waals surface area contributed by atoms with Crippen LogP contribution in [0.15, 0.2) is 0 Å². The molecule has 2 N–H and O–H groups in total. The molecule has 4 nitrogen and oxygen atoms in total. The molecule has 2 atom stereocenters. The average molecular weight is 241 g/mol. The molecule has 0 aliphatic carbocycles. The van der Waals surface area contributed by atoms with Gasteiger partial charge in [-0.3, -0.25) is 4.79 Å². The second-order valence-corrected chi connectivity index (χ2v) is 5.43. The first kappa shape index (κ1) is 14.5. The van der Waals surface area contributed by atoms with Gasteiger partial charge in [-0.1, -0.05) is 6.92 Å². The van der Waals surface area contributed by atoms with Gasteiger partial charge in [-0.15, -0.1) is 0 Å². The molecule has 100 valence electrons. The van der Waals surface area contributed by atoms with E-state index in [1.807, 2.05) is 20.9 Å². The van der Waals surface area contributed by atoms with Crippen LogP contribution in [0.4, 0.5) is 0 Å². The Labute approximate surface area is 105 Å². The molecule has 1 aliphatic heterocycles. The number of piperidine rings is 1. The predicted molar refractivity (Wildman–Crippen MR) is 71.0 cm³/mol. The van der Waals surface area contributed by atoms with Gasteiger partial charge in [0.25, 0.3) is 0 Å². The molecule has 4 heteroatoms. The minimum absolute atomic E-state index is 0.170. The number of amides is 1. The van der Waals surface area contributed by atoms with E-state index in [9.17, 15) is 4.79 Å². The summed E-state index contributed by atoms with van der Waals surface area (Å²) in [6.07, 6.45) is 1.80. The fourth-order valence-corrected chi connectivity index (χ4v) is 2.52. The quantitative estimate of drug-likeness (QED) is 0.749. The first-order chi connectivity index (χ1) is 8.02. The van der Waals surface area contributed by atoms with Crippen molar-refractivity contribution >= 4 is 5.91 Å². The summed E-state index contributed by atoms with van der Waals surface area (Å²) in [5.41, 5.74) is 0.